The summed E-state index contributed by atoms with van der Waals surface area (Å²) in [7, 11) is 0. The highest BCUT2D eigenvalue weighted by Gasteiger charge is 1.78. The maximum Gasteiger partial charge on any atom is 0.232 e. The van der Waals surface area contributed by atoms with Gasteiger partial charge in [-0.05, 0) is 0 Å². The average Bonchev–Trinajstić information content (AvgIpc) is 1.61. The molecule has 0 bridgehead atoms. The van der Waals surface area contributed by atoms with Crippen molar-refractivity contribution in [2.75, 3.05) is 6.61 Å². The van der Waals surface area contributed by atoms with Crippen molar-refractivity contribution in [3.63, 3.8) is 0 Å². The summed E-state index contributed by atoms with van der Waals surface area (Å²) in [6.07, 6.45) is 1.75. The van der Waals surface area contributed by atoms with Crippen LogP contribution in [0.2, 0.25) is 0 Å². The van der Waals surface area contributed by atoms with Gasteiger partial charge in [0.1, 0.15) is 0 Å². The lowest BCUT2D eigenvalue weighted by atomic mass is 10.7. The smallest absolute Gasteiger partial charge is 0.232 e. The van der Waals surface area contributed by atoms with Crippen LogP contribution < -0.4 is 0 Å². The number of hydrogen-bond donors (Lipinski definition) is 1. The minimum absolute atomic E-state index is 0.277. The average molecular weight is 103 g/mol. The Hall–Kier alpha value is -0.900. The highest BCUT2D eigenvalue weighted by Crippen LogP contribution is 1.68. The normalized spacial score (nSPS) is 9.86. The van der Waals surface area contributed by atoms with Crippen LogP contribution in [0.15, 0.2) is 12.3 Å². The summed E-state index contributed by atoms with van der Waals surface area (Å²) in [6, 6.07) is 0. The van der Waals surface area contributed by atoms with E-state index in [4.69, 9.17) is 5.11 Å². The second-order valence-corrected chi connectivity index (χ2v) is 0.853. The van der Waals surface area contributed by atoms with Crippen molar-refractivity contribution in [3.05, 3.63) is 22.4 Å². The standard InChI is InChI=1S/C3H5NO3/c5-3-1-2-4(6)7/h1-2,5H,3H2. The Bertz CT molecular complexity index is 88.2. The summed E-state index contributed by atoms with van der Waals surface area (Å²) < 4.78 is 0. The molecule has 7 heavy (non-hydrogen) atoms. The number of rotatable bonds is 2. The van der Waals surface area contributed by atoms with E-state index in [1.165, 1.54) is 0 Å². The van der Waals surface area contributed by atoms with Gasteiger partial charge in [0.2, 0.25) is 6.20 Å². The molecule has 0 aromatic heterocycles. The first-order chi connectivity index (χ1) is 3.27. The third kappa shape index (κ3) is 5.10. The first-order valence-corrected chi connectivity index (χ1v) is 1.68. The van der Waals surface area contributed by atoms with Gasteiger partial charge in [-0.25, -0.2) is 0 Å². The van der Waals surface area contributed by atoms with Gasteiger partial charge in [0.15, 0.2) is 0 Å². The molecule has 4 heteroatoms. The largest absolute Gasteiger partial charge is 0.392 e. The second-order valence-electron chi connectivity index (χ2n) is 0.853. The van der Waals surface area contributed by atoms with Crippen LogP contribution in [-0.4, -0.2) is 16.6 Å². The molecular formula is C3H5NO3. The van der Waals surface area contributed by atoms with Gasteiger partial charge in [0.25, 0.3) is 0 Å². The topological polar surface area (TPSA) is 63.4 Å². The number of nitro groups is 1. The molecule has 0 aromatic rings. The van der Waals surface area contributed by atoms with Crippen LogP contribution in [0.5, 0.6) is 0 Å². The Morgan fingerprint density at radius 3 is 2.57 bits per heavy atom. The van der Waals surface area contributed by atoms with Gasteiger partial charge in [-0.2, -0.15) is 0 Å². The van der Waals surface area contributed by atoms with E-state index < -0.39 is 4.92 Å². The Morgan fingerprint density at radius 2 is 2.43 bits per heavy atom. The van der Waals surface area contributed by atoms with Gasteiger partial charge < -0.3 is 5.11 Å². The molecule has 0 radical (unpaired) electrons. The molecule has 0 aromatic carbocycles. The van der Waals surface area contributed by atoms with E-state index in [1.807, 2.05) is 0 Å². The first-order valence-electron chi connectivity index (χ1n) is 1.68. The van der Waals surface area contributed by atoms with E-state index in [0.717, 1.165) is 6.08 Å². The summed E-state index contributed by atoms with van der Waals surface area (Å²) in [5.74, 6) is 0. The number of nitrogens with zero attached hydrogens (tertiary/aromatic N) is 1. The number of aliphatic hydroxyl groups excluding tert-OH is 1. The maximum atomic E-state index is 9.37. The minimum atomic E-state index is -0.629. The van der Waals surface area contributed by atoms with Crippen LogP contribution >= 0.6 is 0 Å². The van der Waals surface area contributed by atoms with Crippen LogP contribution in [-0.2, 0) is 0 Å². The van der Waals surface area contributed by atoms with Crippen LogP contribution in [0.4, 0.5) is 0 Å². The van der Waals surface area contributed by atoms with E-state index >= 15 is 0 Å². The second kappa shape index (κ2) is 3.30. The number of aliphatic hydroxyl groups is 1. The lowest BCUT2D eigenvalue weighted by Gasteiger charge is -1.73. The Balaban J connectivity index is 3.26. The molecule has 0 atom stereocenters. The SMILES string of the molecule is O=[N+]([O-])C=CCO. The van der Waals surface area contributed by atoms with Crippen molar-refractivity contribution >= 4 is 0 Å². The van der Waals surface area contributed by atoms with Gasteiger partial charge in [-0.3, -0.25) is 10.1 Å². The molecule has 0 amide bonds. The van der Waals surface area contributed by atoms with Gasteiger partial charge in [0, 0.05) is 6.08 Å². The molecule has 4 nitrogen and oxygen atoms in total. The molecule has 0 rings (SSSR count). The zero-order valence-electron chi connectivity index (χ0n) is 3.57. The molecule has 40 valence electrons. The fourth-order valence-electron chi connectivity index (χ4n) is 0.133. The molecule has 0 aliphatic carbocycles. The fourth-order valence-corrected chi connectivity index (χ4v) is 0.133. The summed E-state index contributed by atoms with van der Waals surface area (Å²) in [6.45, 7) is -0.277. The molecule has 0 fully saturated rings. The molecule has 0 spiro atoms. The Morgan fingerprint density at radius 1 is 1.86 bits per heavy atom. The van der Waals surface area contributed by atoms with Crippen molar-refractivity contribution in [1.82, 2.24) is 0 Å². The van der Waals surface area contributed by atoms with Crippen LogP contribution in [0, 0.1) is 10.1 Å². The van der Waals surface area contributed by atoms with Crippen molar-refractivity contribution in [2.24, 2.45) is 0 Å². The lowest BCUT2D eigenvalue weighted by Crippen LogP contribution is -1.83. The number of hydrogen-bond acceptors (Lipinski definition) is 3. The fraction of sp³-hybridized carbons (Fsp3) is 0.333. The Kier molecular flexibility index (Phi) is 2.87. The van der Waals surface area contributed by atoms with Crippen molar-refractivity contribution in [1.29, 1.82) is 0 Å². The maximum absolute atomic E-state index is 9.37. The molecular weight excluding hydrogens is 98.0 g/mol. The van der Waals surface area contributed by atoms with Crippen molar-refractivity contribution < 1.29 is 10.0 Å². The van der Waals surface area contributed by atoms with Gasteiger partial charge in [0.05, 0.1) is 11.5 Å². The van der Waals surface area contributed by atoms with E-state index in [0.29, 0.717) is 6.20 Å². The summed E-state index contributed by atoms with van der Waals surface area (Å²) in [5.41, 5.74) is 0. The summed E-state index contributed by atoms with van der Waals surface area (Å²) in [4.78, 5) is 8.74. The highest BCUT2D eigenvalue weighted by atomic mass is 16.6. The predicted octanol–water partition coefficient (Wildman–Crippen LogP) is -0.231. The third-order valence-corrected chi connectivity index (χ3v) is 0.333. The molecule has 0 aliphatic rings. The monoisotopic (exact) mass is 103 g/mol. The molecule has 0 unspecified atom stereocenters. The summed E-state index contributed by atoms with van der Waals surface area (Å²) >= 11 is 0. The van der Waals surface area contributed by atoms with Crippen LogP contribution in [0.25, 0.3) is 0 Å². The van der Waals surface area contributed by atoms with Crippen molar-refractivity contribution in [3.8, 4) is 0 Å². The molecule has 1 N–H and O–H groups in total. The molecule has 0 saturated heterocycles. The highest BCUT2D eigenvalue weighted by molar-refractivity contribution is 4.69. The zero-order chi connectivity index (χ0) is 5.70. The minimum Gasteiger partial charge on any atom is -0.392 e. The third-order valence-electron chi connectivity index (χ3n) is 0.333. The van der Waals surface area contributed by atoms with Crippen LogP contribution in [0.1, 0.15) is 0 Å². The first kappa shape index (κ1) is 6.10. The van der Waals surface area contributed by atoms with E-state index in [-0.39, 0.29) is 6.61 Å². The molecule has 0 aliphatic heterocycles. The summed E-state index contributed by atoms with van der Waals surface area (Å²) in [5, 5.41) is 17.3. The molecule has 0 heterocycles. The quantitative estimate of drug-likeness (QED) is 0.387. The predicted molar refractivity (Wildman–Crippen MR) is 23.2 cm³/mol. The van der Waals surface area contributed by atoms with E-state index in [2.05, 4.69) is 0 Å². The van der Waals surface area contributed by atoms with Gasteiger partial charge in [-0.1, -0.05) is 0 Å². The zero-order valence-corrected chi connectivity index (χ0v) is 3.57. The van der Waals surface area contributed by atoms with E-state index in [9.17, 15) is 10.1 Å². The van der Waals surface area contributed by atoms with Crippen LogP contribution in [0.3, 0.4) is 0 Å². The van der Waals surface area contributed by atoms with Crippen molar-refractivity contribution in [2.45, 2.75) is 0 Å². The van der Waals surface area contributed by atoms with E-state index in [1.54, 1.807) is 0 Å². The van der Waals surface area contributed by atoms with Gasteiger partial charge in [-0.15, -0.1) is 0 Å². The Labute approximate surface area is 40.2 Å². The molecule has 0 saturated carbocycles. The lowest BCUT2D eigenvalue weighted by molar-refractivity contribution is -0.402. The van der Waals surface area contributed by atoms with Gasteiger partial charge >= 0.3 is 0 Å².